The van der Waals surface area contributed by atoms with Crippen LogP contribution in [0.25, 0.3) is 77.3 Å². The first-order valence-electron chi connectivity index (χ1n) is 19.4. The predicted molar refractivity (Wildman–Crippen MR) is 236 cm³/mol. The summed E-state index contributed by atoms with van der Waals surface area (Å²) in [5.41, 5.74) is 14.3. The Bertz CT molecular complexity index is 3170. The number of furan rings is 1. The van der Waals surface area contributed by atoms with E-state index in [2.05, 4.69) is 193 Å². The molecule has 10 aromatic rings. The third-order valence-electron chi connectivity index (χ3n) is 11.1. The van der Waals surface area contributed by atoms with E-state index >= 15 is 0 Å². The summed E-state index contributed by atoms with van der Waals surface area (Å²) in [5, 5.41) is 9.40. The second-order valence-electron chi connectivity index (χ2n) is 14.5. The van der Waals surface area contributed by atoms with Crippen molar-refractivity contribution in [3.63, 3.8) is 0 Å². The average Bonchev–Trinajstić information content (AvgIpc) is 3.67. The number of benzene rings is 8. The summed E-state index contributed by atoms with van der Waals surface area (Å²) in [4.78, 5) is 10.8. The molecule has 0 aliphatic carbocycles. The summed E-state index contributed by atoms with van der Waals surface area (Å²) in [6.07, 6.45) is -0.248. The van der Waals surface area contributed by atoms with Crippen molar-refractivity contribution in [2.45, 2.75) is 6.17 Å². The van der Waals surface area contributed by atoms with Crippen LogP contribution in [0.15, 0.2) is 210 Å². The van der Waals surface area contributed by atoms with Gasteiger partial charge in [-0.15, -0.1) is 0 Å². The maximum atomic E-state index is 6.62. The smallest absolute Gasteiger partial charge is 0.145 e. The van der Waals surface area contributed by atoms with Crippen molar-refractivity contribution in [2.24, 2.45) is 4.99 Å². The molecule has 4 heteroatoms. The second kappa shape index (κ2) is 13.6. The molecule has 0 bridgehead atoms. The molecular weight excluding hydrogens is 695 g/mol. The van der Waals surface area contributed by atoms with Gasteiger partial charge in [0.05, 0.1) is 22.6 Å². The van der Waals surface area contributed by atoms with Crippen molar-refractivity contribution in [3.05, 3.63) is 222 Å². The monoisotopic (exact) mass is 729 g/mol. The van der Waals surface area contributed by atoms with Crippen LogP contribution in [0.1, 0.15) is 28.4 Å². The van der Waals surface area contributed by atoms with Gasteiger partial charge in [0.25, 0.3) is 0 Å². The quantitative estimate of drug-likeness (QED) is 0.173. The number of aliphatic imine (C=N–C) groups is 1. The lowest BCUT2D eigenvalue weighted by atomic mass is 9.88. The van der Waals surface area contributed by atoms with Crippen LogP contribution in [-0.2, 0) is 0 Å². The number of fused-ring (bicyclic) bond motifs is 6. The van der Waals surface area contributed by atoms with E-state index < -0.39 is 0 Å². The second-order valence-corrected chi connectivity index (χ2v) is 14.5. The van der Waals surface area contributed by atoms with Crippen LogP contribution < -0.4 is 5.32 Å². The molecule has 11 rings (SSSR count). The summed E-state index contributed by atoms with van der Waals surface area (Å²) < 4.78 is 6.62. The fourth-order valence-electron chi connectivity index (χ4n) is 8.50. The Hall–Kier alpha value is -7.56. The molecular formula is C53H35N3O. The first kappa shape index (κ1) is 32.8. The first-order valence-corrected chi connectivity index (χ1v) is 19.4. The molecule has 2 aromatic heterocycles. The molecule has 4 nitrogen and oxygen atoms in total. The number of hydrogen-bond acceptors (Lipinski definition) is 4. The molecule has 1 atom stereocenters. The van der Waals surface area contributed by atoms with Crippen LogP contribution in [0.5, 0.6) is 0 Å². The van der Waals surface area contributed by atoms with Gasteiger partial charge >= 0.3 is 0 Å². The van der Waals surface area contributed by atoms with Gasteiger partial charge in [-0.05, 0) is 40.5 Å². The van der Waals surface area contributed by atoms with E-state index in [9.17, 15) is 0 Å². The molecule has 1 N–H and O–H groups in total. The van der Waals surface area contributed by atoms with Crippen LogP contribution in [0.2, 0.25) is 0 Å². The normalized spacial score (nSPS) is 14.3. The highest BCUT2D eigenvalue weighted by Gasteiger charge is 2.28. The predicted octanol–water partition coefficient (Wildman–Crippen LogP) is 13.3. The molecule has 1 aliphatic heterocycles. The van der Waals surface area contributed by atoms with Crippen LogP contribution in [0, 0.1) is 0 Å². The van der Waals surface area contributed by atoms with Crippen LogP contribution in [0.3, 0.4) is 0 Å². The highest BCUT2D eigenvalue weighted by atomic mass is 16.3. The zero-order valence-corrected chi connectivity index (χ0v) is 30.9. The molecule has 1 unspecified atom stereocenters. The summed E-state index contributed by atoms with van der Waals surface area (Å²) >= 11 is 0. The molecule has 3 heterocycles. The van der Waals surface area contributed by atoms with E-state index in [-0.39, 0.29) is 6.17 Å². The van der Waals surface area contributed by atoms with Gasteiger partial charge in [0.1, 0.15) is 17.3 Å². The minimum Gasteiger partial charge on any atom is -0.456 e. The molecule has 0 amide bonds. The Morgan fingerprint density at radius 3 is 1.74 bits per heavy atom. The Morgan fingerprint density at radius 1 is 0.439 bits per heavy atom. The number of rotatable bonds is 6. The highest BCUT2D eigenvalue weighted by molar-refractivity contribution is 6.37. The summed E-state index contributed by atoms with van der Waals surface area (Å²) in [5.74, 6) is 0. The van der Waals surface area contributed by atoms with Gasteiger partial charge in [0, 0.05) is 49.2 Å². The fourth-order valence-corrected chi connectivity index (χ4v) is 8.50. The van der Waals surface area contributed by atoms with Crippen molar-refractivity contribution in [3.8, 4) is 22.4 Å². The lowest BCUT2D eigenvalue weighted by Gasteiger charge is -2.29. The molecule has 0 spiro atoms. The molecule has 57 heavy (non-hydrogen) atoms. The van der Waals surface area contributed by atoms with E-state index in [0.717, 1.165) is 99.8 Å². The number of nitrogens with one attached hydrogen (secondary N) is 1. The molecule has 0 radical (unpaired) electrons. The van der Waals surface area contributed by atoms with Crippen molar-refractivity contribution in [2.75, 3.05) is 0 Å². The minimum absolute atomic E-state index is 0.248. The Kier molecular flexibility index (Phi) is 7.85. The number of pyridine rings is 1. The number of aromatic nitrogens is 1. The molecule has 1 aliphatic rings. The third kappa shape index (κ3) is 5.61. The van der Waals surface area contributed by atoms with E-state index in [1.807, 2.05) is 12.1 Å². The maximum Gasteiger partial charge on any atom is 0.145 e. The summed E-state index contributed by atoms with van der Waals surface area (Å²) in [7, 11) is 0. The molecule has 0 saturated carbocycles. The van der Waals surface area contributed by atoms with Gasteiger partial charge in [0.15, 0.2) is 0 Å². The zero-order valence-electron chi connectivity index (χ0n) is 30.9. The zero-order chi connectivity index (χ0) is 37.7. The number of nitrogens with zero attached hydrogens (tertiary/aromatic N) is 2. The van der Waals surface area contributed by atoms with E-state index in [4.69, 9.17) is 14.4 Å². The van der Waals surface area contributed by atoms with Crippen LogP contribution in [0.4, 0.5) is 0 Å². The Balaban J connectivity index is 1.15. The minimum atomic E-state index is -0.248. The largest absolute Gasteiger partial charge is 0.456 e. The Labute approximate surface area is 330 Å². The average molecular weight is 730 g/mol. The van der Waals surface area contributed by atoms with Gasteiger partial charge in [-0.25, -0.2) is 4.98 Å². The Morgan fingerprint density at radius 2 is 1.02 bits per heavy atom. The van der Waals surface area contributed by atoms with Crippen LogP contribution >= 0.6 is 0 Å². The highest BCUT2D eigenvalue weighted by Crippen LogP contribution is 2.46. The topological polar surface area (TPSA) is 50.4 Å². The van der Waals surface area contributed by atoms with Crippen molar-refractivity contribution in [1.82, 2.24) is 10.3 Å². The van der Waals surface area contributed by atoms with Gasteiger partial charge < -0.3 is 9.73 Å². The molecule has 0 fully saturated rings. The third-order valence-corrected chi connectivity index (χ3v) is 11.1. The molecule has 0 saturated heterocycles. The van der Waals surface area contributed by atoms with Crippen molar-refractivity contribution < 1.29 is 4.42 Å². The number of hydrogen-bond donors (Lipinski definition) is 1. The number of allylic oxidation sites excluding steroid dienone is 1. The van der Waals surface area contributed by atoms with Gasteiger partial charge in [-0.1, -0.05) is 182 Å². The standard InChI is InChI=1S/C53H35N3O/c1-5-17-34(18-6-1)46-48-40-25-13-15-27-43(40)54-50(42(48)33-45-49(46)41-26-14-16-28-44(41)57-45)38-31-29-35(30-32-38)47-51(36-19-7-2-8-20-36)55-53(39-23-11-4-12-24-39)56-52(47)37-21-9-3-10-22-37/h1-33,53,55H. The molecule has 268 valence electrons. The van der Waals surface area contributed by atoms with Crippen LogP contribution in [-0.4, -0.2) is 10.7 Å². The SMILES string of the molecule is c1ccc(C2=NC(c3ccccc3)NC(c3ccccc3)=C2c2ccc(-c3nc4ccccc4c4c(-c5ccccc5)c5c(cc34)oc3ccccc35)cc2)cc1. The van der Waals surface area contributed by atoms with Gasteiger partial charge in [0.2, 0.25) is 0 Å². The lowest BCUT2D eigenvalue weighted by Crippen LogP contribution is -2.27. The van der Waals surface area contributed by atoms with Gasteiger partial charge in [-0.3, -0.25) is 4.99 Å². The van der Waals surface area contributed by atoms with Crippen molar-refractivity contribution >= 4 is 60.6 Å². The van der Waals surface area contributed by atoms with Gasteiger partial charge in [-0.2, -0.15) is 0 Å². The summed E-state index contributed by atoms with van der Waals surface area (Å²) in [6.45, 7) is 0. The lowest BCUT2D eigenvalue weighted by molar-refractivity contribution is 0.666. The van der Waals surface area contributed by atoms with E-state index in [0.29, 0.717) is 0 Å². The maximum absolute atomic E-state index is 6.62. The molecule has 8 aromatic carbocycles. The van der Waals surface area contributed by atoms with Crippen molar-refractivity contribution in [1.29, 1.82) is 0 Å². The number of para-hydroxylation sites is 2. The first-order chi connectivity index (χ1) is 28.3. The summed E-state index contributed by atoms with van der Waals surface area (Å²) in [6, 6.07) is 70.1. The van der Waals surface area contributed by atoms with E-state index in [1.165, 1.54) is 5.39 Å². The fraction of sp³-hybridized carbons (Fsp3) is 0.0189. The van der Waals surface area contributed by atoms with E-state index in [1.54, 1.807) is 0 Å².